The van der Waals surface area contributed by atoms with Crippen LogP contribution >= 0.6 is 0 Å². The number of amidine groups is 1. The van der Waals surface area contributed by atoms with Gasteiger partial charge in [-0.3, -0.25) is 9.89 Å². The van der Waals surface area contributed by atoms with Gasteiger partial charge in [0, 0.05) is 12.6 Å². The van der Waals surface area contributed by atoms with Gasteiger partial charge in [-0.25, -0.2) is 4.79 Å². The van der Waals surface area contributed by atoms with Crippen molar-refractivity contribution in [2.24, 2.45) is 4.99 Å². The molecule has 1 aliphatic heterocycles. The van der Waals surface area contributed by atoms with Gasteiger partial charge in [-0.05, 0) is 34.1 Å². The maximum atomic E-state index is 12.1. The number of carbonyl (C=O) groups excluding carboxylic acids is 1. The summed E-state index contributed by atoms with van der Waals surface area (Å²) in [5.74, 6) is 0.899. The molecule has 1 unspecified atom stereocenters. The molecule has 1 amide bonds. The van der Waals surface area contributed by atoms with E-state index in [1.165, 1.54) is 19.3 Å². The molecule has 122 valence electrons. The zero-order valence-electron chi connectivity index (χ0n) is 14.2. The second kappa shape index (κ2) is 8.25. The topological polar surface area (TPSA) is 53.9 Å². The molecule has 0 aliphatic carbocycles. The van der Waals surface area contributed by atoms with E-state index >= 15 is 0 Å². The monoisotopic (exact) mass is 297 g/mol. The van der Waals surface area contributed by atoms with Crippen LogP contribution in [-0.4, -0.2) is 48.1 Å². The predicted octanol–water partition coefficient (Wildman–Crippen LogP) is 3.19. The standard InChI is InChI=1S/C16H31N3O2/c1-6-7-8-9-13(2)18-14-12-19(11-10-17-14)15(20)21-16(3,4)5/h13H,6-12H2,1-5H3,(H,17,18). The van der Waals surface area contributed by atoms with Crippen LogP contribution in [0.4, 0.5) is 4.79 Å². The molecule has 0 saturated heterocycles. The van der Waals surface area contributed by atoms with Gasteiger partial charge >= 0.3 is 6.09 Å². The highest BCUT2D eigenvalue weighted by Gasteiger charge is 2.25. The van der Waals surface area contributed by atoms with Crippen LogP contribution in [0.2, 0.25) is 0 Å². The molecule has 0 bridgehead atoms. The molecule has 1 rings (SSSR count). The largest absolute Gasteiger partial charge is 0.444 e. The van der Waals surface area contributed by atoms with Crippen LogP contribution in [0.15, 0.2) is 4.99 Å². The number of hydrogen-bond donors (Lipinski definition) is 1. The van der Waals surface area contributed by atoms with Crippen molar-refractivity contribution in [2.75, 3.05) is 19.6 Å². The maximum Gasteiger partial charge on any atom is 0.410 e. The van der Waals surface area contributed by atoms with Gasteiger partial charge in [-0.15, -0.1) is 0 Å². The number of aliphatic imine (C=N–C) groups is 1. The summed E-state index contributed by atoms with van der Waals surface area (Å²) < 4.78 is 5.41. The van der Waals surface area contributed by atoms with Crippen LogP contribution in [0.1, 0.15) is 60.3 Å². The van der Waals surface area contributed by atoms with Gasteiger partial charge in [-0.2, -0.15) is 0 Å². The lowest BCUT2D eigenvalue weighted by molar-refractivity contribution is 0.0276. The zero-order chi connectivity index (χ0) is 15.9. The van der Waals surface area contributed by atoms with Gasteiger partial charge in [0.15, 0.2) is 0 Å². The van der Waals surface area contributed by atoms with Crippen LogP contribution in [0.5, 0.6) is 0 Å². The van der Waals surface area contributed by atoms with Crippen molar-refractivity contribution < 1.29 is 9.53 Å². The number of rotatable bonds is 5. The highest BCUT2D eigenvalue weighted by Crippen LogP contribution is 2.11. The van der Waals surface area contributed by atoms with E-state index in [1.54, 1.807) is 4.90 Å². The van der Waals surface area contributed by atoms with E-state index in [9.17, 15) is 4.79 Å². The fraction of sp³-hybridized carbons (Fsp3) is 0.875. The second-order valence-electron chi connectivity index (χ2n) is 6.77. The lowest BCUT2D eigenvalue weighted by Gasteiger charge is -2.30. The van der Waals surface area contributed by atoms with Crippen molar-refractivity contribution in [3.8, 4) is 0 Å². The summed E-state index contributed by atoms with van der Waals surface area (Å²) in [7, 11) is 0. The SMILES string of the molecule is CCCCCC(C)NC1=NCCN(C(=O)OC(C)(C)C)C1. The molecule has 0 aromatic rings. The van der Waals surface area contributed by atoms with Crippen molar-refractivity contribution in [2.45, 2.75) is 71.9 Å². The van der Waals surface area contributed by atoms with Gasteiger partial charge in [0.25, 0.3) is 0 Å². The third-order valence-electron chi connectivity index (χ3n) is 3.32. The van der Waals surface area contributed by atoms with Gasteiger partial charge in [-0.1, -0.05) is 26.2 Å². The van der Waals surface area contributed by atoms with Crippen LogP contribution in [0.3, 0.4) is 0 Å². The highest BCUT2D eigenvalue weighted by atomic mass is 16.6. The first-order valence-corrected chi connectivity index (χ1v) is 8.09. The fourth-order valence-corrected chi connectivity index (χ4v) is 2.25. The van der Waals surface area contributed by atoms with Crippen molar-refractivity contribution >= 4 is 11.9 Å². The summed E-state index contributed by atoms with van der Waals surface area (Å²) in [4.78, 5) is 18.3. The van der Waals surface area contributed by atoms with Crippen molar-refractivity contribution in [1.82, 2.24) is 10.2 Å². The quantitative estimate of drug-likeness (QED) is 0.793. The molecule has 1 aliphatic rings. The van der Waals surface area contributed by atoms with Crippen molar-refractivity contribution in [1.29, 1.82) is 0 Å². The minimum atomic E-state index is -0.452. The molecule has 1 N–H and O–H groups in total. The minimum Gasteiger partial charge on any atom is -0.444 e. The molecule has 0 fully saturated rings. The number of hydrogen-bond acceptors (Lipinski definition) is 4. The molecule has 5 heteroatoms. The Hall–Kier alpha value is -1.26. The Kier molecular flexibility index (Phi) is 6.99. The second-order valence-corrected chi connectivity index (χ2v) is 6.77. The fourth-order valence-electron chi connectivity index (χ4n) is 2.25. The number of nitrogens with one attached hydrogen (secondary N) is 1. The van der Waals surface area contributed by atoms with E-state index in [1.807, 2.05) is 20.8 Å². The molecule has 0 aromatic carbocycles. The lowest BCUT2D eigenvalue weighted by Crippen LogP contribution is -2.48. The molecule has 0 radical (unpaired) electrons. The highest BCUT2D eigenvalue weighted by molar-refractivity contribution is 5.88. The Balaban J connectivity index is 2.41. The van der Waals surface area contributed by atoms with E-state index in [0.717, 1.165) is 12.3 Å². The van der Waals surface area contributed by atoms with Gasteiger partial charge in [0.2, 0.25) is 0 Å². The molecular formula is C16H31N3O2. The third kappa shape index (κ3) is 7.34. The van der Waals surface area contributed by atoms with Crippen LogP contribution < -0.4 is 5.32 Å². The van der Waals surface area contributed by atoms with Gasteiger partial charge in [0.05, 0.1) is 13.1 Å². The Morgan fingerprint density at radius 3 is 2.76 bits per heavy atom. The Bertz CT molecular complexity index is 361. The minimum absolute atomic E-state index is 0.254. The summed E-state index contributed by atoms with van der Waals surface area (Å²) >= 11 is 0. The molecule has 5 nitrogen and oxygen atoms in total. The van der Waals surface area contributed by atoms with Crippen molar-refractivity contribution in [3.05, 3.63) is 0 Å². The molecule has 1 heterocycles. The normalized spacial score (nSPS) is 17.2. The van der Waals surface area contributed by atoms with E-state index in [2.05, 4.69) is 24.2 Å². The average molecular weight is 297 g/mol. The molecular weight excluding hydrogens is 266 g/mol. The first-order valence-electron chi connectivity index (χ1n) is 8.09. The summed E-state index contributed by atoms with van der Waals surface area (Å²) in [6, 6.07) is 0.397. The van der Waals surface area contributed by atoms with Crippen LogP contribution in [-0.2, 0) is 4.74 Å². The van der Waals surface area contributed by atoms with E-state index in [4.69, 9.17) is 4.74 Å². The smallest absolute Gasteiger partial charge is 0.410 e. The van der Waals surface area contributed by atoms with Crippen LogP contribution in [0, 0.1) is 0 Å². The first-order chi connectivity index (χ1) is 9.81. The number of nitrogens with zero attached hydrogens (tertiary/aromatic N) is 2. The lowest BCUT2D eigenvalue weighted by atomic mass is 10.1. The van der Waals surface area contributed by atoms with Crippen LogP contribution in [0.25, 0.3) is 0 Å². The number of unbranched alkanes of at least 4 members (excludes halogenated alkanes) is 2. The molecule has 21 heavy (non-hydrogen) atoms. The number of carbonyl (C=O) groups is 1. The number of amides is 1. The summed E-state index contributed by atoms with van der Waals surface area (Å²) in [6.07, 6.45) is 4.62. The molecule has 0 aromatic heterocycles. The number of ether oxygens (including phenoxy) is 1. The summed E-state index contributed by atoms with van der Waals surface area (Å²) in [5.41, 5.74) is -0.452. The Labute approximate surface area is 129 Å². The van der Waals surface area contributed by atoms with E-state index in [-0.39, 0.29) is 6.09 Å². The predicted molar refractivity (Wildman–Crippen MR) is 86.8 cm³/mol. The Morgan fingerprint density at radius 2 is 2.14 bits per heavy atom. The Morgan fingerprint density at radius 1 is 1.43 bits per heavy atom. The van der Waals surface area contributed by atoms with Gasteiger partial charge < -0.3 is 10.1 Å². The molecule has 0 saturated carbocycles. The van der Waals surface area contributed by atoms with Crippen molar-refractivity contribution in [3.63, 3.8) is 0 Å². The van der Waals surface area contributed by atoms with E-state index in [0.29, 0.717) is 25.7 Å². The third-order valence-corrected chi connectivity index (χ3v) is 3.32. The summed E-state index contributed by atoms with van der Waals surface area (Å²) in [5, 5.41) is 3.43. The first kappa shape index (κ1) is 17.8. The maximum absolute atomic E-state index is 12.1. The summed E-state index contributed by atoms with van der Waals surface area (Å²) in [6.45, 7) is 11.8. The average Bonchev–Trinajstić information content (AvgIpc) is 2.37. The van der Waals surface area contributed by atoms with Gasteiger partial charge in [0.1, 0.15) is 11.4 Å². The molecule has 0 spiro atoms. The molecule has 1 atom stereocenters. The zero-order valence-corrected chi connectivity index (χ0v) is 14.2. The van der Waals surface area contributed by atoms with E-state index < -0.39 is 5.60 Å².